The zero-order valence-electron chi connectivity index (χ0n) is 12.9. The highest BCUT2D eigenvalue weighted by molar-refractivity contribution is 5.77. The number of hydrogen-bond donors (Lipinski definition) is 2. The van der Waals surface area contributed by atoms with Crippen LogP contribution in [-0.2, 0) is 16.0 Å². The largest absolute Gasteiger partial charge is 0.493 e. The first-order chi connectivity index (χ1) is 10.2. The number of ether oxygens (including phenoxy) is 3. The van der Waals surface area contributed by atoms with Crippen molar-refractivity contribution < 1.29 is 19.0 Å². The number of nitrogens with one attached hydrogen (secondary N) is 2. The van der Waals surface area contributed by atoms with E-state index in [1.165, 1.54) is 0 Å². The summed E-state index contributed by atoms with van der Waals surface area (Å²) in [5.41, 5.74) is 1.12. The lowest BCUT2D eigenvalue weighted by molar-refractivity contribution is -0.120. The summed E-state index contributed by atoms with van der Waals surface area (Å²) in [6.07, 6.45) is 0.811. The molecule has 0 heterocycles. The van der Waals surface area contributed by atoms with Crippen molar-refractivity contribution >= 4 is 5.91 Å². The van der Waals surface area contributed by atoms with Crippen LogP contribution < -0.4 is 20.1 Å². The van der Waals surface area contributed by atoms with Gasteiger partial charge in [0, 0.05) is 13.7 Å². The zero-order chi connectivity index (χ0) is 15.5. The molecule has 0 aliphatic carbocycles. The van der Waals surface area contributed by atoms with Gasteiger partial charge in [0.25, 0.3) is 0 Å². The first-order valence-electron chi connectivity index (χ1n) is 6.88. The van der Waals surface area contributed by atoms with Crippen molar-refractivity contribution in [2.45, 2.75) is 6.42 Å². The van der Waals surface area contributed by atoms with Gasteiger partial charge in [-0.3, -0.25) is 4.79 Å². The van der Waals surface area contributed by atoms with Gasteiger partial charge in [-0.2, -0.15) is 0 Å². The van der Waals surface area contributed by atoms with Gasteiger partial charge in [0.05, 0.1) is 27.4 Å². The monoisotopic (exact) mass is 296 g/mol. The maximum absolute atomic E-state index is 11.4. The highest BCUT2D eigenvalue weighted by atomic mass is 16.5. The van der Waals surface area contributed by atoms with Gasteiger partial charge in [0.15, 0.2) is 11.5 Å². The van der Waals surface area contributed by atoms with Gasteiger partial charge in [0.2, 0.25) is 5.91 Å². The van der Waals surface area contributed by atoms with Gasteiger partial charge in [-0.1, -0.05) is 6.07 Å². The molecule has 0 unspecified atom stereocenters. The van der Waals surface area contributed by atoms with E-state index in [2.05, 4.69) is 10.6 Å². The lowest BCUT2D eigenvalue weighted by Gasteiger charge is -2.10. The Morgan fingerprint density at radius 2 is 1.86 bits per heavy atom. The molecule has 21 heavy (non-hydrogen) atoms. The molecular weight excluding hydrogens is 272 g/mol. The predicted molar refractivity (Wildman–Crippen MR) is 81.0 cm³/mol. The molecule has 1 aromatic rings. The first kappa shape index (κ1) is 17.3. The third-order valence-electron chi connectivity index (χ3n) is 2.95. The summed E-state index contributed by atoms with van der Waals surface area (Å²) >= 11 is 0. The molecule has 0 spiro atoms. The van der Waals surface area contributed by atoms with Crippen LogP contribution in [0.15, 0.2) is 18.2 Å². The van der Waals surface area contributed by atoms with E-state index in [4.69, 9.17) is 14.2 Å². The minimum absolute atomic E-state index is 0.0284. The fourth-order valence-corrected chi connectivity index (χ4v) is 1.83. The minimum Gasteiger partial charge on any atom is -0.493 e. The standard InChI is InChI=1S/C15H24N2O4/c1-19-9-8-17-15(18)11-16-7-6-12-4-5-13(20-2)14(10-12)21-3/h4-5,10,16H,6-9,11H2,1-3H3,(H,17,18). The number of benzene rings is 1. The average Bonchev–Trinajstić information content (AvgIpc) is 2.51. The van der Waals surface area contributed by atoms with E-state index in [-0.39, 0.29) is 5.91 Å². The molecule has 0 bridgehead atoms. The van der Waals surface area contributed by atoms with Crippen molar-refractivity contribution in [3.63, 3.8) is 0 Å². The van der Waals surface area contributed by atoms with Crippen LogP contribution in [0.25, 0.3) is 0 Å². The molecule has 0 saturated heterocycles. The Balaban J connectivity index is 2.28. The lowest BCUT2D eigenvalue weighted by Crippen LogP contribution is -2.36. The van der Waals surface area contributed by atoms with Crippen LogP contribution in [0.4, 0.5) is 0 Å². The van der Waals surface area contributed by atoms with E-state index in [0.717, 1.165) is 12.0 Å². The molecule has 0 aliphatic rings. The average molecular weight is 296 g/mol. The fourth-order valence-electron chi connectivity index (χ4n) is 1.83. The van der Waals surface area contributed by atoms with Crippen LogP contribution in [0, 0.1) is 0 Å². The number of amides is 1. The molecule has 0 aliphatic heterocycles. The number of methoxy groups -OCH3 is 3. The second-order valence-electron chi connectivity index (χ2n) is 4.46. The smallest absolute Gasteiger partial charge is 0.234 e. The van der Waals surface area contributed by atoms with Crippen molar-refractivity contribution in [1.82, 2.24) is 10.6 Å². The second-order valence-corrected chi connectivity index (χ2v) is 4.46. The lowest BCUT2D eigenvalue weighted by atomic mass is 10.1. The summed E-state index contributed by atoms with van der Waals surface area (Å²) in [6, 6.07) is 5.81. The number of carbonyl (C=O) groups excluding carboxylic acids is 1. The van der Waals surface area contributed by atoms with Crippen LogP contribution >= 0.6 is 0 Å². The summed E-state index contributed by atoms with van der Waals surface area (Å²) in [7, 11) is 4.83. The van der Waals surface area contributed by atoms with Crippen LogP contribution in [0.5, 0.6) is 11.5 Å². The summed E-state index contributed by atoms with van der Waals surface area (Å²) in [6.45, 7) is 2.08. The van der Waals surface area contributed by atoms with Crippen molar-refractivity contribution in [1.29, 1.82) is 0 Å². The van der Waals surface area contributed by atoms with Gasteiger partial charge < -0.3 is 24.8 Å². The van der Waals surface area contributed by atoms with E-state index in [0.29, 0.717) is 37.7 Å². The van der Waals surface area contributed by atoms with E-state index < -0.39 is 0 Å². The molecule has 118 valence electrons. The number of rotatable bonds is 10. The van der Waals surface area contributed by atoms with Crippen LogP contribution in [0.3, 0.4) is 0 Å². The van der Waals surface area contributed by atoms with Crippen molar-refractivity contribution in [3.8, 4) is 11.5 Å². The maximum Gasteiger partial charge on any atom is 0.234 e. The molecule has 6 heteroatoms. The molecule has 1 amide bonds. The first-order valence-corrected chi connectivity index (χ1v) is 6.88. The van der Waals surface area contributed by atoms with Crippen molar-refractivity contribution in [3.05, 3.63) is 23.8 Å². The Kier molecular flexibility index (Phi) is 8.23. The molecule has 0 radical (unpaired) electrons. The number of carbonyl (C=O) groups is 1. The highest BCUT2D eigenvalue weighted by Crippen LogP contribution is 2.27. The van der Waals surface area contributed by atoms with Gasteiger partial charge >= 0.3 is 0 Å². The minimum atomic E-state index is -0.0284. The molecule has 1 rings (SSSR count). The summed E-state index contributed by atoms with van der Waals surface area (Å²) in [5, 5.41) is 5.85. The van der Waals surface area contributed by atoms with E-state index >= 15 is 0 Å². The van der Waals surface area contributed by atoms with E-state index in [1.54, 1.807) is 21.3 Å². The summed E-state index contributed by atoms with van der Waals surface area (Å²) in [4.78, 5) is 11.4. The van der Waals surface area contributed by atoms with Gasteiger partial charge in [-0.15, -0.1) is 0 Å². The molecule has 2 N–H and O–H groups in total. The Morgan fingerprint density at radius 1 is 1.10 bits per heavy atom. The van der Waals surface area contributed by atoms with E-state index in [9.17, 15) is 4.79 Å². The summed E-state index contributed by atoms with van der Waals surface area (Å²) in [5.74, 6) is 1.40. The van der Waals surface area contributed by atoms with Crippen LogP contribution in [-0.4, -0.2) is 53.5 Å². The van der Waals surface area contributed by atoms with E-state index in [1.807, 2.05) is 18.2 Å². The molecule has 0 saturated carbocycles. The van der Waals surface area contributed by atoms with Crippen LogP contribution in [0.1, 0.15) is 5.56 Å². The Bertz CT molecular complexity index is 438. The van der Waals surface area contributed by atoms with Crippen molar-refractivity contribution in [2.75, 3.05) is 47.6 Å². The Hall–Kier alpha value is -1.79. The molecule has 1 aromatic carbocycles. The maximum atomic E-state index is 11.4. The SMILES string of the molecule is COCCNC(=O)CNCCc1ccc(OC)c(OC)c1. The third-order valence-corrected chi connectivity index (χ3v) is 2.95. The van der Waals surface area contributed by atoms with Gasteiger partial charge in [0.1, 0.15) is 0 Å². The van der Waals surface area contributed by atoms with Gasteiger partial charge in [-0.05, 0) is 30.7 Å². The summed E-state index contributed by atoms with van der Waals surface area (Å²) < 4.78 is 15.3. The van der Waals surface area contributed by atoms with Crippen LogP contribution in [0.2, 0.25) is 0 Å². The second kappa shape index (κ2) is 10.0. The Labute approximate surface area is 125 Å². The predicted octanol–water partition coefficient (Wildman–Crippen LogP) is 0.599. The highest BCUT2D eigenvalue weighted by Gasteiger charge is 2.05. The quantitative estimate of drug-likeness (QED) is 0.619. The zero-order valence-corrected chi connectivity index (χ0v) is 12.9. The Morgan fingerprint density at radius 3 is 2.52 bits per heavy atom. The topological polar surface area (TPSA) is 68.8 Å². The molecule has 6 nitrogen and oxygen atoms in total. The molecule has 0 fully saturated rings. The number of hydrogen-bond acceptors (Lipinski definition) is 5. The fraction of sp³-hybridized carbons (Fsp3) is 0.533. The molecule has 0 aromatic heterocycles. The molecular formula is C15H24N2O4. The van der Waals surface area contributed by atoms with Gasteiger partial charge in [-0.25, -0.2) is 0 Å². The normalized spacial score (nSPS) is 10.2. The van der Waals surface area contributed by atoms with Crippen molar-refractivity contribution in [2.24, 2.45) is 0 Å². The third kappa shape index (κ3) is 6.46. The molecule has 0 atom stereocenters.